The molecule has 3 rings (SSSR count). The summed E-state index contributed by atoms with van der Waals surface area (Å²) < 4.78 is 1.37. The van der Waals surface area contributed by atoms with Crippen molar-refractivity contribution in [3.63, 3.8) is 0 Å². The zero-order valence-corrected chi connectivity index (χ0v) is 13.3. The number of nitrogens with one attached hydrogen (secondary N) is 1. The molecule has 0 amide bonds. The lowest BCUT2D eigenvalue weighted by Gasteiger charge is -2.26. The minimum Gasteiger partial charge on any atom is -0.359 e. The Labute approximate surface area is 127 Å². The largest absolute Gasteiger partial charge is 0.359 e. The van der Waals surface area contributed by atoms with Gasteiger partial charge in [-0.15, -0.1) is 5.10 Å². The molecule has 1 aliphatic rings. The van der Waals surface area contributed by atoms with Gasteiger partial charge in [-0.25, -0.2) is 4.98 Å². The highest BCUT2D eigenvalue weighted by Gasteiger charge is 2.20. The van der Waals surface area contributed by atoms with Gasteiger partial charge in [-0.3, -0.25) is 9.69 Å². The molecular formula is C14H21N5OS. The van der Waals surface area contributed by atoms with Gasteiger partial charge in [0.1, 0.15) is 0 Å². The van der Waals surface area contributed by atoms with Crippen molar-refractivity contribution in [1.82, 2.24) is 19.5 Å². The molecule has 0 aromatic carbocycles. The van der Waals surface area contributed by atoms with Gasteiger partial charge in [-0.05, 0) is 39.3 Å². The zero-order chi connectivity index (χ0) is 14.8. The Kier molecular flexibility index (Phi) is 4.21. The van der Waals surface area contributed by atoms with E-state index in [0.29, 0.717) is 11.0 Å². The maximum Gasteiger partial charge on any atom is 0.275 e. The molecule has 1 fully saturated rings. The van der Waals surface area contributed by atoms with Crippen LogP contribution in [-0.2, 0) is 0 Å². The van der Waals surface area contributed by atoms with E-state index in [1.54, 1.807) is 0 Å². The van der Waals surface area contributed by atoms with Gasteiger partial charge >= 0.3 is 0 Å². The molecule has 0 spiro atoms. The molecule has 0 unspecified atom stereocenters. The predicted molar refractivity (Wildman–Crippen MR) is 85.2 cm³/mol. The normalized spacial score (nSPS) is 17.4. The van der Waals surface area contributed by atoms with E-state index in [-0.39, 0.29) is 5.56 Å². The van der Waals surface area contributed by atoms with Crippen LogP contribution in [0.2, 0.25) is 0 Å². The smallest absolute Gasteiger partial charge is 0.275 e. The van der Waals surface area contributed by atoms with Crippen molar-refractivity contribution in [1.29, 1.82) is 0 Å². The average molecular weight is 307 g/mol. The lowest BCUT2D eigenvalue weighted by molar-refractivity contribution is 0.246. The summed E-state index contributed by atoms with van der Waals surface area (Å²) in [6, 6.07) is 2.04. The second-order valence-electron chi connectivity index (χ2n) is 5.52. The summed E-state index contributed by atoms with van der Waals surface area (Å²) in [5.41, 5.74) is 0.618. The molecule has 2 aromatic rings. The van der Waals surface area contributed by atoms with E-state index in [2.05, 4.69) is 27.2 Å². The summed E-state index contributed by atoms with van der Waals surface area (Å²) in [4.78, 5) is 19.4. The van der Waals surface area contributed by atoms with Crippen LogP contribution >= 0.6 is 11.3 Å². The quantitative estimate of drug-likeness (QED) is 0.912. The van der Waals surface area contributed by atoms with E-state index < -0.39 is 0 Å². The number of likely N-dealkylation sites (tertiary alicyclic amines) is 1. The number of anilines is 1. The van der Waals surface area contributed by atoms with Crippen LogP contribution in [0.15, 0.2) is 10.9 Å². The van der Waals surface area contributed by atoms with E-state index in [9.17, 15) is 4.79 Å². The number of hydrogen-bond donors (Lipinski definition) is 1. The van der Waals surface area contributed by atoms with Crippen molar-refractivity contribution in [3.8, 4) is 0 Å². The average Bonchev–Trinajstić information content (AvgIpc) is 3.08. The topological polar surface area (TPSA) is 62.5 Å². The Morgan fingerprint density at radius 2 is 2.19 bits per heavy atom. The monoisotopic (exact) mass is 307 g/mol. The predicted octanol–water partition coefficient (Wildman–Crippen LogP) is 1.75. The summed E-state index contributed by atoms with van der Waals surface area (Å²) >= 11 is 1.43. The number of rotatable bonds is 5. The van der Waals surface area contributed by atoms with Crippen molar-refractivity contribution in [2.45, 2.75) is 39.2 Å². The van der Waals surface area contributed by atoms with Crippen molar-refractivity contribution in [2.75, 3.05) is 25.0 Å². The van der Waals surface area contributed by atoms with Crippen LogP contribution in [0.5, 0.6) is 0 Å². The van der Waals surface area contributed by atoms with Crippen molar-refractivity contribution < 1.29 is 0 Å². The van der Waals surface area contributed by atoms with E-state index in [0.717, 1.165) is 23.8 Å². The van der Waals surface area contributed by atoms with Crippen LogP contribution in [0.4, 0.5) is 5.13 Å². The zero-order valence-electron chi connectivity index (χ0n) is 12.5. The molecule has 0 aliphatic carbocycles. The number of aryl methyl sites for hydroxylation is 1. The van der Waals surface area contributed by atoms with Gasteiger partial charge in [-0.2, -0.15) is 4.52 Å². The van der Waals surface area contributed by atoms with Crippen LogP contribution in [0.3, 0.4) is 0 Å². The van der Waals surface area contributed by atoms with E-state index in [4.69, 9.17) is 0 Å². The number of aromatic nitrogens is 3. The van der Waals surface area contributed by atoms with Crippen molar-refractivity contribution >= 4 is 21.4 Å². The molecule has 1 atom stereocenters. The summed E-state index contributed by atoms with van der Waals surface area (Å²) in [6.45, 7) is 7.30. The van der Waals surface area contributed by atoms with Gasteiger partial charge in [0.05, 0.1) is 0 Å². The fourth-order valence-corrected chi connectivity index (χ4v) is 3.69. The molecule has 0 radical (unpaired) electrons. The fourth-order valence-electron chi connectivity index (χ4n) is 2.84. The first kappa shape index (κ1) is 14.5. The molecule has 1 aliphatic heterocycles. The molecule has 0 saturated carbocycles. The molecule has 0 bridgehead atoms. The van der Waals surface area contributed by atoms with Crippen LogP contribution in [0.1, 0.15) is 31.9 Å². The minimum absolute atomic E-state index is 0.117. The molecule has 2 aromatic heterocycles. The Morgan fingerprint density at radius 3 is 2.90 bits per heavy atom. The molecule has 3 heterocycles. The lowest BCUT2D eigenvalue weighted by atomic mass is 10.2. The van der Waals surface area contributed by atoms with Gasteiger partial charge in [-0.1, -0.05) is 18.3 Å². The van der Waals surface area contributed by atoms with Crippen molar-refractivity contribution in [3.05, 3.63) is 22.1 Å². The summed E-state index contributed by atoms with van der Waals surface area (Å²) in [6.07, 6.45) is 3.72. The van der Waals surface area contributed by atoms with Gasteiger partial charge in [0.15, 0.2) is 0 Å². The fraction of sp³-hybridized carbons (Fsp3) is 0.643. The Bertz CT molecular complexity index is 674. The Morgan fingerprint density at radius 1 is 1.43 bits per heavy atom. The second kappa shape index (κ2) is 6.11. The maximum absolute atomic E-state index is 11.8. The number of hydrogen-bond acceptors (Lipinski definition) is 6. The van der Waals surface area contributed by atoms with Crippen molar-refractivity contribution in [2.24, 2.45) is 0 Å². The summed E-state index contributed by atoms with van der Waals surface area (Å²) in [5, 5.41) is 8.46. The Balaban J connectivity index is 1.72. The number of nitrogens with zero attached hydrogens (tertiary/aromatic N) is 4. The van der Waals surface area contributed by atoms with Gasteiger partial charge < -0.3 is 5.32 Å². The van der Waals surface area contributed by atoms with Crippen LogP contribution in [0, 0.1) is 6.92 Å². The first-order valence-corrected chi connectivity index (χ1v) is 8.34. The number of fused-ring (bicyclic) bond motifs is 1. The van der Waals surface area contributed by atoms with E-state index >= 15 is 0 Å². The third-order valence-corrected chi connectivity index (χ3v) is 4.86. The molecule has 1 N–H and O–H groups in total. The summed E-state index contributed by atoms with van der Waals surface area (Å²) in [5.74, 6) is 0. The van der Waals surface area contributed by atoms with Gasteiger partial charge in [0.2, 0.25) is 10.1 Å². The van der Waals surface area contributed by atoms with Gasteiger partial charge in [0.25, 0.3) is 5.56 Å². The van der Waals surface area contributed by atoms with Crippen LogP contribution in [-0.4, -0.2) is 45.2 Å². The van der Waals surface area contributed by atoms with Gasteiger partial charge in [0, 0.05) is 24.3 Å². The highest BCUT2D eigenvalue weighted by atomic mass is 32.1. The third kappa shape index (κ3) is 3.08. The molecule has 7 heteroatoms. The lowest BCUT2D eigenvalue weighted by Crippen LogP contribution is -2.37. The standard InChI is InChI=1S/C14H21N5OS/c1-3-11(18-6-4-5-7-18)9-15-13-17-19-12(20)8-10(2)16-14(19)21-13/h8,11H,3-7,9H2,1-2H3,(H,15,17)/t11-/m1/s1. The SMILES string of the molecule is CC[C@H](CNc1nn2c(=O)cc(C)nc2s1)N1CCCC1. The first-order valence-electron chi connectivity index (χ1n) is 7.53. The molecule has 6 nitrogen and oxygen atoms in total. The van der Waals surface area contributed by atoms with Crippen LogP contribution < -0.4 is 10.9 Å². The minimum atomic E-state index is -0.117. The molecular weight excluding hydrogens is 286 g/mol. The first-order chi connectivity index (χ1) is 10.2. The highest BCUT2D eigenvalue weighted by Crippen LogP contribution is 2.18. The van der Waals surface area contributed by atoms with E-state index in [1.165, 1.54) is 47.8 Å². The second-order valence-corrected chi connectivity index (χ2v) is 6.48. The van der Waals surface area contributed by atoms with Crippen LogP contribution in [0.25, 0.3) is 4.96 Å². The molecule has 114 valence electrons. The highest BCUT2D eigenvalue weighted by molar-refractivity contribution is 7.20. The third-order valence-electron chi connectivity index (χ3n) is 3.99. The maximum atomic E-state index is 11.8. The molecule has 1 saturated heterocycles. The summed E-state index contributed by atoms with van der Waals surface area (Å²) in [7, 11) is 0. The van der Waals surface area contributed by atoms with E-state index in [1.807, 2.05) is 6.92 Å². The molecule has 21 heavy (non-hydrogen) atoms. The Hall–Kier alpha value is -1.47.